The standard InChI is InChI=1S/C15H23N3/c1-5-15(3,4)16-10-11-18-12(2)17-13-8-6-7-9-14(13)18/h6-9,16H,5,10-11H2,1-4H3. The van der Waals surface area contributed by atoms with Gasteiger partial charge >= 0.3 is 0 Å². The van der Waals surface area contributed by atoms with Crippen molar-refractivity contribution in [3.63, 3.8) is 0 Å². The van der Waals surface area contributed by atoms with E-state index in [1.807, 2.05) is 6.07 Å². The van der Waals surface area contributed by atoms with Gasteiger partial charge in [0.05, 0.1) is 11.0 Å². The molecule has 0 aliphatic rings. The van der Waals surface area contributed by atoms with Gasteiger partial charge in [0.15, 0.2) is 0 Å². The topological polar surface area (TPSA) is 29.9 Å². The molecule has 0 atom stereocenters. The van der Waals surface area contributed by atoms with Gasteiger partial charge in [-0.15, -0.1) is 0 Å². The van der Waals surface area contributed by atoms with Gasteiger partial charge in [-0.25, -0.2) is 4.98 Å². The van der Waals surface area contributed by atoms with E-state index in [0.29, 0.717) is 0 Å². The lowest BCUT2D eigenvalue weighted by atomic mass is 10.0. The maximum absolute atomic E-state index is 4.58. The average Bonchev–Trinajstić information content (AvgIpc) is 2.66. The summed E-state index contributed by atoms with van der Waals surface area (Å²) in [5.41, 5.74) is 2.53. The van der Waals surface area contributed by atoms with Crippen LogP contribution in [0.15, 0.2) is 24.3 Å². The van der Waals surface area contributed by atoms with Crippen LogP contribution in [-0.2, 0) is 6.54 Å². The molecule has 1 aromatic carbocycles. The molecule has 1 heterocycles. The maximum atomic E-state index is 4.58. The lowest BCUT2D eigenvalue weighted by Gasteiger charge is -2.24. The van der Waals surface area contributed by atoms with Crippen molar-refractivity contribution in [1.29, 1.82) is 0 Å². The van der Waals surface area contributed by atoms with E-state index in [9.17, 15) is 0 Å². The largest absolute Gasteiger partial charge is 0.327 e. The molecule has 0 saturated heterocycles. The highest BCUT2D eigenvalue weighted by atomic mass is 15.1. The van der Waals surface area contributed by atoms with Crippen molar-refractivity contribution < 1.29 is 0 Å². The third-order valence-corrected chi connectivity index (χ3v) is 3.67. The zero-order chi connectivity index (χ0) is 13.2. The number of aromatic nitrogens is 2. The Morgan fingerprint density at radius 2 is 2.00 bits per heavy atom. The van der Waals surface area contributed by atoms with Gasteiger partial charge in [-0.1, -0.05) is 19.1 Å². The minimum Gasteiger partial charge on any atom is -0.327 e. The lowest BCUT2D eigenvalue weighted by Crippen LogP contribution is -2.40. The second kappa shape index (κ2) is 5.11. The van der Waals surface area contributed by atoms with Crippen LogP contribution in [0, 0.1) is 6.92 Å². The minimum absolute atomic E-state index is 0.213. The Labute approximate surface area is 109 Å². The van der Waals surface area contributed by atoms with Crippen LogP contribution in [0.2, 0.25) is 0 Å². The Morgan fingerprint density at radius 3 is 2.72 bits per heavy atom. The van der Waals surface area contributed by atoms with Gasteiger partial charge in [-0.3, -0.25) is 0 Å². The van der Waals surface area contributed by atoms with E-state index < -0.39 is 0 Å². The second-order valence-corrected chi connectivity index (χ2v) is 5.46. The predicted molar refractivity (Wildman–Crippen MR) is 76.8 cm³/mol. The van der Waals surface area contributed by atoms with Crippen LogP contribution in [0.3, 0.4) is 0 Å². The molecule has 0 amide bonds. The summed E-state index contributed by atoms with van der Waals surface area (Å²) < 4.78 is 2.29. The molecule has 0 aliphatic carbocycles. The Morgan fingerprint density at radius 1 is 1.28 bits per heavy atom. The van der Waals surface area contributed by atoms with Crippen molar-refractivity contribution in [2.45, 2.75) is 46.2 Å². The van der Waals surface area contributed by atoms with Gasteiger partial charge in [0.25, 0.3) is 0 Å². The van der Waals surface area contributed by atoms with Crippen molar-refractivity contribution in [2.24, 2.45) is 0 Å². The quantitative estimate of drug-likeness (QED) is 0.877. The molecule has 18 heavy (non-hydrogen) atoms. The SMILES string of the molecule is CCC(C)(C)NCCn1c(C)nc2ccccc21. The van der Waals surface area contributed by atoms with Crippen LogP contribution in [0.1, 0.15) is 33.0 Å². The number of aryl methyl sites for hydroxylation is 1. The molecule has 0 radical (unpaired) electrons. The van der Waals surface area contributed by atoms with Gasteiger partial charge in [0, 0.05) is 18.6 Å². The monoisotopic (exact) mass is 245 g/mol. The molecule has 0 bridgehead atoms. The fourth-order valence-electron chi connectivity index (χ4n) is 2.11. The zero-order valence-corrected chi connectivity index (χ0v) is 11.8. The molecule has 1 aromatic heterocycles. The van der Waals surface area contributed by atoms with Gasteiger partial charge in [0.1, 0.15) is 5.82 Å². The third-order valence-electron chi connectivity index (χ3n) is 3.67. The Kier molecular flexibility index (Phi) is 3.71. The number of imidazole rings is 1. The van der Waals surface area contributed by atoms with Gasteiger partial charge in [0.2, 0.25) is 0 Å². The molecule has 1 N–H and O–H groups in total. The first kappa shape index (κ1) is 13.1. The first-order valence-corrected chi connectivity index (χ1v) is 6.70. The van der Waals surface area contributed by atoms with Gasteiger partial charge in [-0.2, -0.15) is 0 Å². The van der Waals surface area contributed by atoms with Crippen LogP contribution in [0.25, 0.3) is 11.0 Å². The van der Waals surface area contributed by atoms with Gasteiger partial charge < -0.3 is 9.88 Å². The van der Waals surface area contributed by atoms with E-state index >= 15 is 0 Å². The van der Waals surface area contributed by atoms with Crippen molar-refractivity contribution in [1.82, 2.24) is 14.9 Å². The summed E-state index contributed by atoms with van der Waals surface area (Å²) in [6, 6.07) is 8.32. The van der Waals surface area contributed by atoms with Crippen LogP contribution < -0.4 is 5.32 Å². The van der Waals surface area contributed by atoms with Crippen molar-refractivity contribution in [2.75, 3.05) is 6.54 Å². The van der Waals surface area contributed by atoms with Gasteiger partial charge in [-0.05, 0) is 39.3 Å². The molecule has 0 fully saturated rings. The van der Waals surface area contributed by atoms with Crippen LogP contribution >= 0.6 is 0 Å². The smallest absolute Gasteiger partial charge is 0.106 e. The van der Waals surface area contributed by atoms with E-state index in [1.54, 1.807) is 0 Å². The summed E-state index contributed by atoms with van der Waals surface area (Å²) in [5, 5.41) is 3.59. The molecule has 2 rings (SSSR count). The van der Waals surface area contributed by atoms with Crippen molar-refractivity contribution in [3.05, 3.63) is 30.1 Å². The number of nitrogens with zero attached hydrogens (tertiary/aromatic N) is 2. The summed E-state index contributed by atoms with van der Waals surface area (Å²) >= 11 is 0. The molecule has 0 unspecified atom stereocenters. The highest BCUT2D eigenvalue weighted by molar-refractivity contribution is 5.75. The van der Waals surface area contributed by atoms with E-state index in [2.05, 4.69) is 60.8 Å². The summed E-state index contributed by atoms with van der Waals surface area (Å²) in [5.74, 6) is 1.09. The van der Waals surface area contributed by atoms with Crippen LogP contribution in [-0.4, -0.2) is 21.6 Å². The minimum atomic E-state index is 0.213. The second-order valence-electron chi connectivity index (χ2n) is 5.46. The normalized spacial score (nSPS) is 12.2. The molecular formula is C15H23N3. The number of fused-ring (bicyclic) bond motifs is 1. The number of hydrogen-bond acceptors (Lipinski definition) is 2. The molecule has 98 valence electrons. The first-order chi connectivity index (χ1) is 8.53. The number of hydrogen-bond donors (Lipinski definition) is 1. The summed E-state index contributed by atoms with van der Waals surface area (Å²) in [4.78, 5) is 4.58. The molecule has 2 aromatic rings. The highest BCUT2D eigenvalue weighted by Gasteiger charge is 2.13. The summed E-state index contributed by atoms with van der Waals surface area (Å²) in [6.45, 7) is 10.7. The fraction of sp³-hybridized carbons (Fsp3) is 0.533. The Bertz CT molecular complexity index is 526. The fourth-order valence-corrected chi connectivity index (χ4v) is 2.11. The highest BCUT2D eigenvalue weighted by Crippen LogP contribution is 2.15. The van der Waals surface area contributed by atoms with E-state index in [4.69, 9.17) is 0 Å². The third kappa shape index (κ3) is 2.72. The summed E-state index contributed by atoms with van der Waals surface area (Å²) in [6.07, 6.45) is 1.14. The molecule has 0 saturated carbocycles. The summed E-state index contributed by atoms with van der Waals surface area (Å²) in [7, 11) is 0. The average molecular weight is 245 g/mol. The Balaban J connectivity index is 2.10. The van der Waals surface area contributed by atoms with Crippen molar-refractivity contribution >= 4 is 11.0 Å². The molecular weight excluding hydrogens is 222 g/mol. The first-order valence-electron chi connectivity index (χ1n) is 6.70. The molecule has 3 nitrogen and oxygen atoms in total. The molecule has 0 spiro atoms. The zero-order valence-electron chi connectivity index (χ0n) is 11.8. The van der Waals surface area contributed by atoms with E-state index in [-0.39, 0.29) is 5.54 Å². The lowest BCUT2D eigenvalue weighted by molar-refractivity contribution is 0.368. The number of rotatable bonds is 5. The van der Waals surface area contributed by atoms with E-state index in [0.717, 1.165) is 30.9 Å². The number of para-hydroxylation sites is 2. The van der Waals surface area contributed by atoms with Crippen molar-refractivity contribution in [3.8, 4) is 0 Å². The van der Waals surface area contributed by atoms with E-state index in [1.165, 1.54) is 5.52 Å². The van der Waals surface area contributed by atoms with Crippen LogP contribution in [0.5, 0.6) is 0 Å². The maximum Gasteiger partial charge on any atom is 0.106 e. The molecule has 0 aliphatic heterocycles. The number of nitrogens with one attached hydrogen (secondary N) is 1. The Hall–Kier alpha value is -1.35. The molecule has 3 heteroatoms. The number of benzene rings is 1. The predicted octanol–water partition coefficient (Wildman–Crippen LogP) is 3.12. The van der Waals surface area contributed by atoms with Crippen LogP contribution in [0.4, 0.5) is 0 Å².